The van der Waals surface area contributed by atoms with Gasteiger partial charge in [0.15, 0.2) is 0 Å². The lowest BCUT2D eigenvalue weighted by Crippen LogP contribution is -2.14. The van der Waals surface area contributed by atoms with Crippen molar-refractivity contribution in [2.24, 2.45) is 0 Å². The number of ether oxygens (including phenoxy) is 1. The largest absolute Gasteiger partial charge is 0.439 e. The maximum atomic E-state index is 9.09. The molecule has 112 valence electrons. The number of aliphatic hydroxyl groups excluding tert-OH is 1. The first kappa shape index (κ1) is 15.5. The number of hydrogen-bond donors (Lipinski definition) is 1. The van der Waals surface area contributed by atoms with Crippen LogP contribution in [0.4, 0.5) is 0 Å². The number of aromatic nitrogens is 1. The zero-order valence-corrected chi connectivity index (χ0v) is 13.2. The molecule has 21 heavy (non-hydrogen) atoms. The van der Waals surface area contributed by atoms with E-state index < -0.39 is 0 Å². The first-order chi connectivity index (χ1) is 9.96. The average Bonchev–Trinajstić information content (AvgIpc) is 2.50. The molecule has 1 heterocycles. The number of benzene rings is 1. The molecule has 0 amide bonds. The minimum Gasteiger partial charge on any atom is -0.439 e. The molecule has 0 aliphatic carbocycles. The number of rotatable bonds is 5. The summed E-state index contributed by atoms with van der Waals surface area (Å²) in [6.07, 6.45) is 2.73. The number of aliphatic hydroxyl groups is 1. The van der Waals surface area contributed by atoms with E-state index in [0.717, 1.165) is 23.3 Å². The Balaban J connectivity index is 2.17. The second-order valence-electron chi connectivity index (χ2n) is 5.99. The maximum absolute atomic E-state index is 9.09. The summed E-state index contributed by atoms with van der Waals surface area (Å²) in [6, 6.07) is 10.1. The van der Waals surface area contributed by atoms with Crippen LogP contribution in [0, 0.1) is 6.92 Å². The highest BCUT2D eigenvalue weighted by molar-refractivity contribution is 5.36. The van der Waals surface area contributed by atoms with Crippen LogP contribution in [-0.2, 0) is 12.0 Å². The van der Waals surface area contributed by atoms with Gasteiger partial charge in [0.1, 0.15) is 5.75 Å². The van der Waals surface area contributed by atoms with Gasteiger partial charge in [-0.05, 0) is 48.1 Å². The molecule has 3 heteroatoms. The molecule has 3 nitrogen and oxygen atoms in total. The maximum Gasteiger partial charge on any atom is 0.222 e. The molecule has 0 atom stereocenters. The average molecular weight is 285 g/mol. The zero-order chi connectivity index (χ0) is 15.5. The van der Waals surface area contributed by atoms with Crippen LogP contribution < -0.4 is 4.74 Å². The Morgan fingerprint density at radius 1 is 1.19 bits per heavy atom. The topological polar surface area (TPSA) is 42.4 Å². The molecule has 0 radical (unpaired) electrons. The Kier molecular flexibility index (Phi) is 4.63. The molecule has 0 fully saturated rings. The predicted molar refractivity (Wildman–Crippen MR) is 84.7 cm³/mol. The molecule has 1 aromatic heterocycles. The Morgan fingerprint density at radius 3 is 2.38 bits per heavy atom. The van der Waals surface area contributed by atoms with Crippen LogP contribution in [0.25, 0.3) is 0 Å². The van der Waals surface area contributed by atoms with Gasteiger partial charge in [-0.2, -0.15) is 0 Å². The molecule has 0 unspecified atom stereocenters. The minimum atomic E-state index is -0.00504. The third kappa shape index (κ3) is 3.61. The van der Waals surface area contributed by atoms with E-state index in [9.17, 15) is 0 Å². The van der Waals surface area contributed by atoms with E-state index in [-0.39, 0.29) is 12.0 Å². The SMILES string of the molecule is CCC(C)(C)c1ccc(Oc2ncc(CO)cc2C)cc1. The van der Waals surface area contributed by atoms with E-state index in [2.05, 4.69) is 37.9 Å². The number of nitrogens with zero attached hydrogens (tertiary/aromatic N) is 1. The van der Waals surface area contributed by atoms with Crippen molar-refractivity contribution >= 4 is 0 Å². The fourth-order valence-corrected chi connectivity index (χ4v) is 2.10. The van der Waals surface area contributed by atoms with Crippen molar-refractivity contribution in [2.75, 3.05) is 0 Å². The molecular formula is C18H23NO2. The van der Waals surface area contributed by atoms with Gasteiger partial charge in [-0.15, -0.1) is 0 Å². The third-order valence-corrected chi connectivity index (χ3v) is 4.00. The standard InChI is InChI=1S/C18H23NO2/c1-5-18(3,4)15-6-8-16(9-7-15)21-17-13(2)10-14(12-20)11-19-17/h6-11,20H,5,12H2,1-4H3. The Labute approximate surface area is 126 Å². The summed E-state index contributed by atoms with van der Waals surface area (Å²) in [7, 11) is 0. The number of pyridine rings is 1. The summed E-state index contributed by atoms with van der Waals surface area (Å²) in [6.45, 7) is 8.59. The second-order valence-corrected chi connectivity index (χ2v) is 5.99. The lowest BCUT2D eigenvalue weighted by molar-refractivity contribution is 0.281. The fraction of sp³-hybridized carbons (Fsp3) is 0.389. The lowest BCUT2D eigenvalue weighted by atomic mass is 9.82. The quantitative estimate of drug-likeness (QED) is 0.887. The summed E-state index contributed by atoms with van der Waals surface area (Å²) in [5.41, 5.74) is 3.19. The summed E-state index contributed by atoms with van der Waals surface area (Å²) < 4.78 is 5.82. The highest BCUT2D eigenvalue weighted by atomic mass is 16.5. The van der Waals surface area contributed by atoms with Gasteiger partial charge in [-0.1, -0.05) is 32.9 Å². The second kappa shape index (κ2) is 6.27. The first-order valence-electron chi connectivity index (χ1n) is 7.31. The highest BCUT2D eigenvalue weighted by Crippen LogP contribution is 2.29. The van der Waals surface area contributed by atoms with Gasteiger partial charge in [-0.25, -0.2) is 4.98 Å². The smallest absolute Gasteiger partial charge is 0.222 e. The molecule has 0 bridgehead atoms. The van der Waals surface area contributed by atoms with E-state index in [1.165, 1.54) is 5.56 Å². The van der Waals surface area contributed by atoms with E-state index in [0.29, 0.717) is 5.88 Å². The molecule has 0 aliphatic rings. The van der Waals surface area contributed by atoms with E-state index in [4.69, 9.17) is 9.84 Å². The van der Waals surface area contributed by atoms with E-state index in [1.807, 2.05) is 25.1 Å². The Bertz CT molecular complexity index is 603. The molecular weight excluding hydrogens is 262 g/mol. The molecule has 0 saturated carbocycles. The van der Waals surface area contributed by atoms with Crippen molar-refractivity contribution < 1.29 is 9.84 Å². The van der Waals surface area contributed by atoms with Crippen molar-refractivity contribution in [2.45, 2.75) is 46.1 Å². The third-order valence-electron chi connectivity index (χ3n) is 4.00. The Morgan fingerprint density at radius 2 is 1.86 bits per heavy atom. The molecule has 0 saturated heterocycles. The van der Waals surface area contributed by atoms with Crippen molar-refractivity contribution in [1.29, 1.82) is 0 Å². The van der Waals surface area contributed by atoms with Gasteiger partial charge >= 0.3 is 0 Å². The molecule has 0 aliphatic heterocycles. The van der Waals surface area contributed by atoms with Gasteiger partial charge in [0.25, 0.3) is 0 Å². The molecule has 1 aromatic carbocycles. The summed E-state index contributed by atoms with van der Waals surface area (Å²) >= 11 is 0. The predicted octanol–water partition coefficient (Wildman–Crippen LogP) is 4.36. The Hall–Kier alpha value is -1.87. The van der Waals surface area contributed by atoms with Gasteiger partial charge in [0, 0.05) is 11.8 Å². The van der Waals surface area contributed by atoms with E-state index >= 15 is 0 Å². The van der Waals surface area contributed by atoms with Crippen molar-refractivity contribution in [1.82, 2.24) is 4.98 Å². The van der Waals surface area contributed by atoms with Gasteiger partial charge < -0.3 is 9.84 Å². The van der Waals surface area contributed by atoms with Gasteiger partial charge in [-0.3, -0.25) is 0 Å². The van der Waals surface area contributed by atoms with E-state index in [1.54, 1.807) is 6.20 Å². The number of hydrogen-bond acceptors (Lipinski definition) is 3. The zero-order valence-electron chi connectivity index (χ0n) is 13.2. The monoisotopic (exact) mass is 285 g/mol. The van der Waals surface area contributed by atoms with Crippen molar-refractivity contribution in [3.63, 3.8) is 0 Å². The molecule has 2 aromatic rings. The normalized spacial score (nSPS) is 11.5. The van der Waals surface area contributed by atoms with Crippen LogP contribution in [0.15, 0.2) is 36.5 Å². The fourth-order valence-electron chi connectivity index (χ4n) is 2.10. The summed E-state index contributed by atoms with van der Waals surface area (Å²) in [4.78, 5) is 4.25. The molecule has 2 rings (SSSR count). The van der Waals surface area contributed by atoms with Crippen LogP contribution in [0.2, 0.25) is 0 Å². The van der Waals surface area contributed by atoms with Crippen LogP contribution >= 0.6 is 0 Å². The summed E-state index contributed by atoms with van der Waals surface area (Å²) in [5.74, 6) is 1.35. The van der Waals surface area contributed by atoms with Crippen LogP contribution in [0.1, 0.15) is 43.9 Å². The first-order valence-corrected chi connectivity index (χ1v) is 7.31. The summed E-state index contributed by atoms with van der Waals surface area (Å²) in [5, 5.41) is 9.09. The van der Waals surface area contributed by atoms with Crippen LogP contribution in [0.5, 0.6) is 11.6 Å². The van der Waals surface area contributed by atoms with Gasteiger partial charge in [0.2, 0.25) is 5.88 Å². The van der Waals surface area contributed by atoms with Crippen molar-refractivity contribution in [3.05, 3.63) is 53.2 Å². The van der Waals surface area contributed by atoms with Crippen molar-refractivity contribution in [3.8, 4) is 11.6 Å². The molecule has 0 spiro atoms. The van der Waals surface area contributed by atoms with Gasteiger partial charge in [0.05, 0.1) is 6.61 Å². The lowest BCUT2D eigenvalue weighted by Gasteiger charge is -2.23. The minimum absolute atomic E-state index is 0.00504. The molecule has 1 N–H and O–H groups in total. The van der Waals surface area contributed by atoms with Crippen LogP contribution in [-0.4, -0.2) is 10.1 Å². The number of aryl methyl sites for hydroxylation is 1. The highest BCUT2D eigenvalue weighted by Gasteiger charge is 2.17. The van der Waals surface area contributed by atoms with Crippen LogP contribution in [0.3, 0.4) is 0 Å².